The zero-order valence-corrected chi connectivity index (χ0v) is 14.6. The molecule has 1 amide bonds. The quantitative estimate of drug-likeness (QED) is 0.575. The molecule has 1 aliphatic heterocycles. The number of para-hydroxylation sites is 1. The van der Waals surface area contributed by atoms with Gasteiger partial charge in [-0.15, -0.1) is 11.8 Å². The molecule has 0 fully saturated rings. The van der Waals surface area contributed by atoms with Gasteiger partial charge in [-0.3, -0.25) is 14.4 Å². The van der Waals surface area contributed by atoms with E-state index in [1.165, 1.54) is 36.0 Å². The molecular weight excluding hydrogens is 357 g/mol. The van der Waals surface area contributed by atoms with E-state index in [-0.39, 0.29) is 24.4 Å². The lowest BCUT2D eigenvalue weighted by Gasteiger charge is -2.28. The number of rotatable bonds is 6. The second-order valence-electron chi connectivity index (χ2n) is 5.64. The van der Waals surface area contributed by atoms with Gasteiger partial charge in [0, 0.05) is 17.0 Å². The third-order valence-corrected chi connectivity index (χ3v) is 4.93. The number of Topliss-reactive ketones (excluding diaryl/α,β-unsaturated/α-hetero) is 1. The van der Waals surface area contributed by atoms with Crippen LogP contribution in [0.15, 0.2) is 53.4 Å². The highest BCUT2D eigenvalue weighted by atomic mass is 32.2. The first-order valence-corrected chi connectivity index (χ1v) is 9.00. The third kappa shape index (κ3) is 4.29. The van der Waals surface area contributed by atoms with Crippen molar-refractivity contribution >= 4 is 35.1 Å². The van der Waals surface area contributed by atoms with Crippen molar-refractivity contribution in [2.45, 2.75) is 11.3 Å². The molecule has 26 heavy (non-hydrogen) atoms. The lowest BCUT2D eigenvalue weighted by Crippen LogP contribution is -2.37. The summed E-state index contributed by atoms with van der Waals surface area (Å²) in [6, 6.07) is 12.5. The molecule has 1 aliphatic rings. The van der Waals surface area contributed by atoms with E-state index >= 15 is 0 Å². The Morgan fingerprint density at radius 1 is 1.12 bits per heavy atom. The van der Waals surface area contributed by atoms with Crippen LogP contribution >= 0.6 is 11.8 Å². The fourth-order valence-electron chi connectivity index (χ4n) is 2.54. The molecule has 2 aromatic rings. The van der Waals surface area contributed by atoms with Crippen LogP contribution in [0.5, 0.6) is 0 Å². The molecule has 0 aliphatic carbocycles. The van der Waals surface area contributed by atoms with Crippen LogP contribution in [0.25, 0.3) is 0 Å². The SMILES string of the molecule is O=C(CCN1C(=O)CSc2ccccc21)OCC(=O)c1ccc(F)cc1. The van der Waals surface area contributed by atoms with E-state index in [1.807, 2.05) is 24.3 Å². The smallest absolute Gasteiger partial charge is 0.308 e. The van der Waals surface area contributed by atoms with E-state index in [0.29, 0.717) is 5.75 Å². The topological polar surface area (TPSA) is 63.7 Å². The average Bonchev–Trinajstić information content (AvgIpc) is 2.66. The predicted molar refractivity (Wildman–Crippen MR) is 95.8 cm³/mol. The summed E-state index contributed by atoms with van der Waals surface area (Å²) in [6.45, 7) is -0.217. The third-order valence-electron chi connectivity index (χ3n) is 3.88. The zero-order chi connectivity index (χ0) is 18.5. The highest BCUT2D eigenvalue weighted by molar-refractivity contribution is 8.00. The minimum absolute atomic E-state index is 0.0125. The molecule has 0 radical (unpaired) electrons. The maximum absolute atomic E-state index is 12.8. The molecule has 5 nitrogen and oxygen atoms in total. The highest BCUT2D eigenvalue weighted by Crippen LogP contribution is 2.34. The Kier molecular flexibility index (Phi) is 5.68. The number of thioether (sulfide) groups is 1. The van der Waals surface area contributed by atoms with Gasteiger partial charge in [-0.1, -0.05) is 12.1 Å². The molecule has 2 aromatic carbocycles. The average molecular weight is 373 g/mol. The first kappa shape index (κ1) is 18.1. The van der Waals surface area contributed by atoms with Gasteiger partial charge in [0.15, 0.2) is 12.4 Å². The van der Waals surface area contributed by atoms with E-state index in [2.05, 4.69) is 0 Å². The van der Waals surface area contributed by atoms with Crippen molar-refractivity contribution in [3.05, 3.63) is 59.9 Å². The summed E-state index contributed by atoms with van der Waals surface area (Å²) in [5.74, 6) is -1.15. The molecule has 0 aromatic heterocycles. The van der Waals surface area contributed by atoms with Crippen molar-refractivity contribution in [1.29, 1.82) is 0 Å². The van der Waals surface area contributed by atoms with E-state index in [1.54, 1.807) is 4.90 Å². The number of hydrogen-bond acceptors (Lipinski definition) is 5. The maximum atomic E-state index is 12.8. The number of esters is 1. The van der Waals surface area contributed by atoms with Crippen LogP contribution in [-0.2, 0) is 14.3 Å². The number of amides is 1. The predicted octanol–water partition coefficient (Wildman–Crippen LogP) is 3.08. The van der Waals surface area contributed by atoms with Crippen LogP contribution in [0, 0.1) is 5.82 Å². The number of nitrogens with zero attached hydrogens (tertiary/aromatic N) is 1. The summed E-state index contributed by atoms with van der Waals surface area (Å²) in [7, 11) is 0. The van der Waals surface area contributed by atoms with Crippen molar-refractivity contribution < 1.29 is 23.5 Å². The van der Waals surface area contributed by atoms with Crippen LogP contribution in [-0.4, -0.2) is 36.6 Å². The highest BCUT2D eigenvalue weighted by Gasteiger charge is 2.25. The van der Waals surface area contributed by atoms with Crippen LogP contribution in [0.2, 0.25) is 0 Å². The number of hydrogen-bond donors (Lipinski definition) is 0. The molecule has 0 N–H and O–H groups in total. The van der Waals surface area contributed by atoms with Crippen LogP contribution < -0.4 is 4.90 Å². The van der Waals surface area contributed by atoms with Gasteiger partial charge in [0.05, 0.1) is 17.9 Å². The minimum atomic E-state index is -0.566. The van der Waals surface area contributed by atoms with Gasteiger partial charge in [0.1, 0.15) is 5.82 Å². The van der Waals surface area contributed by atoms with E-state index in [0.717, 1.165) is 10.6 Å². The second kappa shape index (κ2) is 8.14. The fourth-order valence-corrected chi connectivity index (χ4v) is 3.48. The number of fused-ring (bicyclic) bond motifs is 1. The molecule has 0 atom stereocenters. The summed E-state index contributed by atoms with van der Waals surface area (Å²) in [5.41, 5.74) is 1.06. The Morgan fingerprint density at radius 2 is 1.85 bits per heavy atom. The molecule has 0 spiro atoms. The normalized spacial score (nSPS) is 13.3. The monoisotopic (exact) mass is 373 g/mol. The van der Waals surface area contributed by atoms with Crippen molar-refractivity contribution in [2.24, 2.45) is 0 Å². The summed E-state index contributed by atoms with van der Waals surface area (Å²) < 4.78 is 17.8. The molecule has 0 saturated heterocycles. The number of halogens is 1. The van der Waals surface area contributed by atoms with Gasteiger partial charge in [0.2, 0.25) is 5.91 Å². The number of carbonyl (C=O) groups is 3. The Morgan fingerprint density at radius 3 is 2.62 bits per heavy atom. The minimum Gasteiger partial charge on any atom is -0.457 e. The lowest BCUT2D eigenvalue weighted by molar-refractivity contribution is -0.142. The Hall–Kier alpha value is -2.67. The molecule has 134 valence electrons. The Labute approximate surface area is 154 Å². The summed E-state index contributed by atoms with van der Waals surface area (Å²) in [4.78, 5) is 38.5. The number of ether oxygens (including phenoxy) is 1. The van der Waals surface area contributed by atoms with Crippen molar-refractivity contribution in [3.63, 3.8) is 0 Å². The zero-order valence-electron chi connectivity index (χ0n) is 13.8. The number of carbonyl (C=O) groups excluding carboxylic acids is 3. The first-order valence-electron chi connectivity index (χ1n) is 8.01. The molecular formula is C19H16FNO4S. The molecule has 1 heterocycles. The van der Waals surface area contributed by atoms with Crippen LogP contribution in [0.1, 0.15) is 16.8 Å². The Bertz CT molecular complexity index is 838. The van der Waals surface area contributed by atoms with Crippen molar-refractivity contribution in [2.75, 3.05) is 23.8 Å². The molecule has 0 saturated carbocycles. The van der Waals surface area contributed by atoms with E-state index < -0.39 is 24.2 Å². The number of anilines is 1. The van der Waals surface area contributed by atoms with E-state index in [4.69, 9.17) is 4.74 Å². The van der Waals surface area contributed by atoms with Crippen LogP contribution in [0.3, 0.4) is 0 Å². The molecule has 0 bridgehead atoms. The summed E-state index contributed by atoms with van der Waals surface area (Å²) in [5, 5.41) is 0. The Balaban J connectivity index is 1.52. The number of benzene rings is 2. The van der Waals surface area contributed by atoms with Gasteiger partial charge in [-0.25, -0.2) is 4.39 Å². The van der Waals surface area contributed by atoms with Gasteiger partial charge in [0.25, 0.3) is 0 Å². The van der Waals surface area contributed by atoms with Gasteiger partial charge in [-0.05, 0) is 36.4 Å². The van der Waals surface area contributed by atoms with Crippen molar-refractivity contribution in [1.82, 2.24) is 0 Å². The van der Waals surface area contributed by atoms with E-state index in [9.17, 15) is 18.8 Å². The van der Waals surface area contributed by atoms with Gasteiger partial charge >= 0.3 is 5.97 Å². The first-order chi connectivity index (χ1) is 12.5. The molecule has 0 unspecified atom stereocenters. The standard InChI is InChI=1S/C19H16FNO4S/c20-14-7-5-13(6-8-14)16(22)11-25-19(24)9-10-21-15-3-1-2-4-17(15)26-12-18(21)23/h1-8H,9-12H2. The fraction of sp³-hybridized carbons (Fsp3) is 0.211. The van der Waals surface area contributed by atoms with Gasteiger partial charge < -0.3 is 9.64 Å². The molecule has 3 rings (SSSR count). The maximum Gasteiger partial charge on any atom is 0.308 e. The number of ketones is 1. The largest absolute Gasteiger partial charge is 0.457 e. The van der Waals surface area contributed by atoms with Crippen LogP contribution in [0.4, 0.5) is 10.1 Å². The van der Waals surface area contributed by atoms with Crippen molar-refractivity contribution in [3.8, 4) is 0 Å². The summed E-state index contributed by atoms with van der Waals surface area (Å²) >= 11 is 1.47. The summed E-state index contributed by atoms with van der Waals surface area (Å²) in [6.07, 6.45) is -0.0125. The second-order valence-corrected chi connectivity index (χ2v) is 6.66. The van der Waals surface area contributed by atoms with Gasteiger partial charge in [-0.2, -0.15) is 0 Å². The lowest BCUT2D eigenvalue weighted by atomic mass is 10.1. The molecule has 7 heteroatoms.